The molecule has 0 saturated heterocycles. The number of hydrogen-bond donors (Lipinski definition) is 1. The van der Waals surface area contributed by atoms with E-state index < -0.39 is 0 Å². The van der Waals surface area contributed by atoms with Crippen molar-refractivity contribution in [3.63, 3.8) is 0 Å². The SMILES string of the molecule is Cc1ccccc1NC(=O)N(CCO[C@H]1C[C@@H]2CC[C@@]1(C)C2(C)C)C1CCCCC1. The number of nitrogens with one attached hydrogen (secondary N) is 1. The van der Waals surface area contributed by atoms with Crippen molar-refractivity contribution in [2.75, 3.05) is 18.5 Å². The highest BCUT2D eigenvalue weighted by atomic mass is 16.5. The molecule has 4 rings (SSSR count). The maximum Gasteiger partial charge on any atom is 0.322 e. The van der Waals surface area contributed by atoms with E-state index in [4.69, 9.17) is 4.74 Å². The van der Waals surface area contributed by atoms with Crippen LogP contribution < -0.4 is 5.32 Å². The molecule has 4 nitrogen and oxygen atoms in total. The number of urea groups is 1. The molecule has 0 radical (unpaired) electrons. The van der Waals surface area contributed by atoms with Gasteiger partial charge in [-0.3, -0.25) is 0 Å². The molecule has 0 spiro atoms. The van der Waals surface area contributed by atoms with Crippen molar-refractivity contribution < 1.29 is 9.53 Å². The van der Waals surface area contributed by atoms with Crippen LogP contribution in [0, 0.1) is 23.7 Å². The van der Waals surface area contributed by atoms with Crippen LogP contribution in [0.3, 0.4) is 0 Å². The minimum absolute atomic E-state index is 0.0271. The lowest BCUT2D eigenvalue weighted by molar-refractivity contribution is -0.0517. The summed E-state index contributed by atoms with van der Waals surface area (Å²) in [4.78, 5) is 15.3. The Hall–Kier alpha value is -1.55. The van der Waals surface area contributed by atoms with Crippen LogP contribution in [0.25, 0.3) is 0 Å². The molecule has 30 heavy (non-hydrogen) atoms. The Morgan fingerprint density at radius 2 is 1.87 bits per heavy atom. The van der Waals surface area contributed by atoms with E-state index >= 15 is 0 Å². The van der Waals surface area contributed by atoms with Gasteiger partial charge in [0.05, 0.1) is 12.7 Å². The fourth-order valence-electron chi connectivity index (χ4n) is 6.42. The molecule has 0 unspecified atom stereocenters. The molecule has 3 aliphatic rings. The third-order valence-electron chi connectivity index (χ3n) is 9.03. The van der Waals surface area contributed by atoms with Crippen molar-refractivity contribution in [3.05, 3.63) is 29.8 Å². The lowest BCUT2D eigenvalue weighted by Gasteiger charge is -2.39. The number of para-hydroxylation sites is 1. The van der Waals surface area contributed by atoms with Gasteiger partial charge in [0, 0.05) is 18.3 Å². The van der Waals surface area contributed by atoms with Crippen LogP contribution in [0.15, 0.2) is 24.3 Å². The molecule has 3 saturated carbocycles. The van der Waals surface area contributed by atoms with E-state index in [1.54, 1.807) is 0 Å². The van der Waals surface area contributed by atoms with E-state index in [9.17, 15) is 4.79 Å². The Kier molecular flexibility index (Phi) is 6.16. The Balaban J connectivity index is 1.39. The van der Waals surface area contributed by atoms with Gasteiger partial charge in [-0.05, 0) is 67.4 Å². The second-order valence-corrected chi connectivity index (χ2v) is 10.7. The molecule has 166 valence electrons. The summed E-state index contributed by atoms with van der Waals surface area (Å²) >= 11 is 0. The van der Waals surface area contributed by atoms with Gasteiger partial charge < -0.3 is 15.0 Å². The summed E-state index contributed by atoms with van der Waals surface area (Å²) in [5.41, 5.74) is 2.65. The summed E-state index contributed by atoms with van der Waals surface area (Å²) in [5.74, 6) is 0.784. The number of rotatable bonds is 6. The van der Waals surface area contributed by atoms with Gasteiger partial charge in [0.15, 0.2) is 0 Å². The van der Waals surface area contributed by atoms with E-state index in [-0.39, 0.29) is 11.4 Å². The first-order chi connectivity index (χ1) is 14.3. The zero-order chi connectivity index (χ0) is 21.4. The number of benzene rings is 1. The first-order valence-corrected chi connectivity index (χ1v) is 12.1. The fraction of sp³-hybridized carbons (Fsp3) is 0.731. The summed E-state index contributed by atoms with van der Waals surface area (Å²) in [6.45, 7) is 10.6. The molecular weight excluding hydrogens is 372 g/mol. The molecule has 2 amide bonds. The van der Waals surface area contributed by atoms with Crippen LogP contribution in [0.2, 0.25) is 0 Å². The lowest BCUT2D eigenvalue weighted by atomic mass is 9.70. The number of hydrogen-bond acceptors (Lipinski definition) is 2. The van der Waals surface area contributed by atoms with Gasteiger partial charge in [-0.25, -0.2) is 4.79 Å². The van der Waals surface area contributed by atoms with Crippen LogP contribution in [-0.2, 0) is 4.74 Å². The van der Waals surface area contributed by atoms with Crippen LogP contribution in [-0.4, -0.2) is 36.2 Å². The standard InChI is InChI=1S/C26H40N2O2/c1-19-10-8-9-13-22(19)27-24(29)28(21-11-6-5-7-12-21)16-17-30-23-18-20-14-15-26(23,4)25(20,2)3/h8-10,13,20-21,23H,5-7,11-12,14-18H2,1-4H3,(H,27,29)/t20-,23-,26+/m0/s1. The minimum atomic E-state index is 0.0271. The van der Waals surface area contributed by atoms with Gasteiger partial charge in [0.25, 0.3) is 0 Å². The van der Waals surface area contributed by atoms with Crippen molar-refractivity contribution >= 4 is 11.7 Å². The maximum atomic E-state index is 13.2. The molecule has 0 heterocycles. The summed E-state index contributed by atoms with van der Waals surface area (Å²) in [6, 6.07) is 8.38. The average molecular weight is 413 g/mol. The third-order valence-corrected chi connectivity index (χ3v) is 9.03. The largest absolute Gasteiger partial charge is 0.376 e. The van der Waals surface area contributed by atoms with Gasteiger partial charge >= 0.3 is 6.03 Å². The summed E-state index contributed by atoms with van der Waals surface area (Å²) in [5, 5.41) is 3.17. The quantitative estimate of drug-likeness (QED) is 0.588. The maximum absolute atomic E-state index is 13.2. The molecule has 0 aliphatic heterocycles. The number of aryl methyl sites for hydroxylation is 1. The fourth-order valence-corrected chi connectivity index (χ4v) is 6.42. The topological polar surface area (TPSA) is 41.6 Å². The van der Waals surface area contributed by atoms with Gasteiger partial charge in [-0.2, -0.15) is 0 Å². The van der Waals surface area contributed by atoms with Crippen LogP contribution in [0.5, 0.6) is 0 Å². The molecule has 3 fully saturated rings. The first kappa shape index (κ1) is 21.7. The number of ether oxygens (including phenoxy) is 1. The highest BCUT2D eigenvalue weighted by molar-refractivity contribution is 5.90. The number of amides is 2. The first-order valence-electron chi connectivity index (χ1n) is 12.1. The van der Waals surface area contributed by atoms with Crippen molar-refractivity contribution in [2.45, 2.75) is 91.2 Å². The highest BCUT2D eigenvalue weighted by Crippen LogP contribution is 2.66. The summed E-state index contributed by atoms with van der Waals surface area (Å²) in [7, 11) is 0. The lowest BCUT2D eigenvalue weighted by Crippen LogP contribution is -2.46. The molecule has 1 aromatic rings. The average Bonchev–Trinajstić information content (AvgIpc) is 3.07. The van der Waals surface area contributed by atoms with Crippen LogP contribution in [0.4, 0.5) is 10.5 Å². The van der Waals surface area contributed by atoms with E-state index in [1.165, 1.54) is 38.5 Å². The number of anilines is 1. The third kappa shape index (κ3) is 3.88. The van der Waals surface area contributed by atoms with Crippen molar-refractivity contribution in [2.24, 2.45) is 16.7 Å². The van der Waals surface area contributed by atoms with Gasteiger partial charge in [0.2, 0.25) is 0 Å². The molecule has 2 bridgehead atoms. The summed E-state index contributed by atoms with van der Waals surface area (Å²) in [6.07, 6.45) is 10.1. The second kappa shape index (κ2) is 8.53. The minimum Gasteiger partial charge on any atom is -0.376 e. The Labute approximate surface area is 182 Å². The van der Waals surface area contributed by atoms with Crippen molar-refractivity contribution in [3.8, 4) is 0 Å². The molecule has 3 aliphatic carbocycles. The molecule has 0 aromatic heterocycles. The van der Waals surface area contributed by atoms with Crippen LogP contribution in [0.1, 0.15) is 77.7 Å². The predicted octanol–water partition coefficient (Wildman–Crippen LogP) is 6.39. The van der Waals surface area contributed by atoms with Crippen molar-refractivity contribution in [1.29, 1.82) is 0 Å². The predicted molar refractivity (Wildman–Crippen MR) is 123 cm³/mol. The molecule has 1 N–H and O–H groups in total. The second-order valence-electron chi connectivity index (χ2n) is 10.7. The van der Waals surface area contributed by atoms with E-state index in [0.717, 1.165) is 30.0 Å². The van der Waals surface area contributed by atoms with Crippen molar-refractivity contribution in [1.82, 2.24) is 4.90 Å². The molecule has 1 aromatic carbocycles. The highest BCUT2D eigenvalue weighted by Gasteiger charge is 2.61. The Morgan fingerprint density at radius 3 is 2.50 bits per heavy atom. The smallest absolute Gasteiger partial charge is 0.322 e. The Morgan fingerprint density at radius 1 is 1.13 bits per heavy atom. The van der Waals surface area contributed by atoms with E-state index in [2.05, 4.69) is 31.0 Å². The zero-order valence-corrected chi connectivity index (χ0v) is 19.4. The summed E-state index contributed by atoms with van der Waals surface area (Å²) < 4.78 is 6.50. The normalized spacial score (nSPS) is 30.4. The number of carbonyl (C=O) groups excluding carboxylic acids is 1. The molecular formula is C26H40N2O2. The zero-order valence-electron chi connectivity index (χ0n) is 19.4. The number of nitrogens with zero attached hydrogens (tertiary/aromatic N) is 1. The van der Waals surface area contributed by atoms with E-state index in [1.807, 2.05) is 31.2 Å². The van der Waals surface area contributed by atoms with Gasteiger partial charge in [-0.15, -0.1) is 0 Å². The monoisotopic (exact) mass is 412 g/mol. The Bertz CT molecular complexity index is 755. The molecule has 3 atom stereocenters. The molecule has 4 heteroatoms. The van der Waals surface area contributed by atoms with Gasteiger partial charge in [0.1, 0.15) is 0 Å². The van der Waals surface area contributed by atoms with E-state index in [0.29, 0.717) is 30.7 Å². The number of carbonyl (C=O) groups is 1. The van der Waals surface area contributed by atoms with Gasteiger partial charge in [-0.1, -0.05) is 58.2 Å². The van der Waals surface area contributed by atoms with Crippen LogP contribution >= 0.6 is 0 Å². The number of fused-ring (bicyclic) bond motifs is 2.